The van der Waals surface area contributed by atoms with Crippen molar-refractivity contribution >= 4 is 79.0 Å². The zero-order chi connectivity index (χ0) is 8.36. The normalized spacial score (nSPS) is 6.91. The summed E-state index contributed by atoms with van der Waals surface area (Å²) in [6.45, 7) is 0. The largest absolute Gasteiger partial charge is 1.00 e. The van der Waals surface area contributed by atoms with Crippen LogP contribution in [0.15, 0.2) is 0 Å². The van der Waals surface area contributed by atoms with Gasteiger partial charge in [-0.2, -0.15) is 0 Å². The molecule has 0 atom stereocenters. The van der Waals surface area contributed by atoms with Crippen molar-refractivity contribution in [3.63, 3.8) is 0 Å². The number of hydrogen-bond donors (Lipinski definition) is 0. The summed E-state index contributed by atoms with van der Waals surface area (Å²) >= 11 is 0. The molecule has 0 saturated carbocycles. The van der Waals surface area contributed by atoms with Gasteiger partial charge in [-0.25, -0.2) is 0 Å². The fraction of sp³-hybridized carbons (Fsp3) is 0. The lowest BCUT2D eigenvalue weighted by Gasteiger charge is -1.89. The van der Waals surface area contributed by atoms with Crippen LogP contribution in [0.25, 0.3) is 0 Å². The highest BCUT2D eigenvalue weighted by molar-refractivity contribution is 7.69. The van der Waals surface area contributed by atoms with Crippen LogP contribution in [0, 0.1) is 0 Å². The zero-order valence-electron chi connectivity index (χ0n) is 9.36. The van der Waals surface area contributed by atoms with Gasteiger partial charge in [-0.3, -0.25) is 0 Å². The van der Waals surface area contributed by atoms with Crippen LogP contribution in [0.4, 0.5) is 0 Å². The van der Waals surface area contributed by atoms with Crippen LogP contribution in [0.5, 0.6) is 0 Å². The summed E-state index contributed by atoms with van der Waals surface area (Å²) in [6, 6.07) is 0. The Bertz CT molecular complexity index is 54.0. The summed E-state index contributed by atoms with van der Waals surface area (Å²) in [5, 5.41) is 0. The van der Waals surface area contributed by atoms with Gasteiger partial charge in [0.15, 0.2) is 0 Å². The molecule has 0 aromatic carbocycles. The second-order valence-electron chi connectivity index (χ2n) is 3.47. The summed E-state index contributed by atoms with van der Waals surface area (Å²) in [7, 11) is 17.5. The summed E-state index contributed by atoms with van der Waals surface area (Å²) < 4.78 is 0. The van der Waals surface area contributed by atoms with Crippen LogP contribution < -0.4 is 0 Å². The van der Waals surface area contributed by atoms with Gasteiger partial charge in [0.25, 0.3) is 0 Å². The molecule has 0 aliphatic heterocycles. The molecule has 0 fully saturated rings. The first kappa shape index (κ1) is 11.7. The number of rotatable bonds is 8. The predicted octanol–water partition coefficient (Wildman–Crippen LogP) is -7.56. The summed E-state index contributed by atoms with van der Waals surface area (Å²) in [5.74, 6) is 0. The minimum absolute atomic E-state index is 0. The van der Waals surface area contributed by atoms with E-state index >= 15 is 0 Å². The summed E-state index contributed by atoms with van der Waals surface area (Å²) in [5.41, 5.74) is 0. The fourth-order valence-corrected chi connectivity index (χ4v) is 1.38. The molecule has 46 valence electrons. The average molecular weight is 133 g/mol. The third-order valence-electron chi connectivity index (χ3n) is 2.21. The van der Waals surface area contributed by atoms with Gasteiger partial charge in [-0.1, -0.05) is 0 Å². The minimum atomic E-state index is 0. The van der Waals surface area contributed by atoms with Gasteiger partial charge < -0.3 is 0 Å². The summed E-state index contributed by atoms with van der Waals surface area (Å²) in [6.07, 6.45) is 0. The molecular weight excluding hydrogens is 119 g/mol. The van der Waals surface area contributed by atoms with Crippen LogP contribution >= 0.6 is 0 Å². The van der Waals surface area contributed by atoms with Crippen molar-refractivity contribution in [2.24, 2.45) is 0 Å². The van der Waals surface area contributed by atoms with E-state index in [2.05, 4.69) is 15.5 Å². The van der Waals surface area contributed by atoms with Gasteiger partial charge in [-0.05, 0) is 0 Å². The highest BCUT2D eigenvalue weighted by atomic mass is 12.8. The predicted molar refractivity (Wildman–Crippen MR) is 82.5 cm³/mol. The molecule has 0 spiro atoms. The molecular formula is H14B11+. The Hall–Kier alpha value is 0.714. The molecule has 0 aliphatic carbocycles. The van der Waals surface area contributed by atoms with Crippen molar-refractivity contribution < 1.29 is 1.43 Å². The van der Waals surface area contributed by atoms with Gasteiger partial charge >= 0.3 is 1.43 Å². The van der Waals surface area contributed by atoms with Crippen LogP contribution in [-0.4, -0.2) is 79.0 Å². The Morgan fingerprint density at radius 2 is 0.818 bits per heavy atom. The first-order valence-electron chi connectivity index (χ1n) is 5.41. The maximum absolute atomic E-state index is 2.27. The number of hydrogen-bond acceptors (Lipinski definition) is 0. The maximum atomic E-state index is 2.27. The van der Waals surface area contributed by atoms with E-state index in [9.17, 15) is 0 Å². The Kier molecular flexibility index (Phi) is 11.4. The lowest BCUT2D eigenvalue weighted by atomic mass is 8.88. The standard InChI is InChI=1S/B11H13/c1-3-5-7-9-11-10-8-6-4-2/h3-11H,1-2H2/p+1. The smallest absolute Gasteiger partial charge is 0.0379 e. The highest BCUT2D eigenvalue weighted by Gasteiger charge is 1.98. The van der Waals surface area contributed by atoms with Crippen molar-refractivity contribution in [1.82, 2.24) is 0 Å². The van der Waals surface area contributed by atoms with Crippen molar-refractivity contribution in [1.29, 1.82) is 0 Å². The molecule has 0 radical (unpaired) electrons. The van der Waals surface area contributed by atoms with E-state index in [1.807, 2.05) is 0 Å². The zero-order valence-corrected chi connectivity index (χ0v) is 8.36. The lowest BCUT2D eigenvalue weighted by Crippen LogP contribution is -2.31. The fourth-order valence-electron chi connectivity index (χ4n) is 1.38. The van der Waals surface area contributed by atoms with Gasteiger partial charge in [0.2, 0.25) is 0 Å². The average Bonchev–Trinajstić information content (AvgIpc) is 2.03. The monoisotopic (exact) mass is 135 g/mol. The van der Waals surface area contributed by atoms with Gasteiger partial charge in [0.05, 0.1) is 15.5 Å². The molecule has 0 aliphatic rings. The van der Waals surface area contributed by atoms with Crippen molar-refractivity contribution in [2.45, 2.75) is 0 Å². The Morgan fingerprint density at radius 3 is 1.09 bits per heavy atom. The van der Waals surface area contributed by atoms with Gasteiger partial charge in [-0.15, -0.1) is 0 Å². The van der Waals surface area contributed by atoms with E-state index in [4.69, 9.17) is 0 Å². The Labute approximate surface area is 80.9 Å². The molecule has 0 heterocycles. The Morgan fingerprint density at radius 1 is 0.545 bits per heavy atom. The van der Waals surface area contributed by atoms with Crippen LogP contribution in [0.3, 0.4) is 0 Å². The van der Waals surface area contributed by atoms with E-state index < -0.39 is 0 Å². The third-order valence-corrected chi connectivity index (χ3v) is 2.21. The van der Waals surface area contributed by atoms with Crippen molar-refractivity contribution in [3.8, 4) is 0 Å². The van der Waals surface area contributed by atoms with Crippen molar-refractivity contribution in [3.05, 3.63) is 0 Å². The highest BCUT2D eigenvalue weighted by Crippen LogP contribution is 1.56. The third kappa shape index (κ3) is 10.7. The van der Waals surface area contributed by atoms with E-state index in [0.717, 1.165) is 0 Å². The van der Waals surface area contributed by atoms with E-state index in [0.29, 0.717) is 0 Å². The lowest BCUT2D eigenvalue weighted by molar-refractivity contribution is 3.82. The molecule has 11 heavy (non-hydrogen) atoms. The van der Waals surface area contributed by atoms with E-state index in [1.54, 1.807) is 0 Å². The first-order valence-corrected chi connectivity index (χ1v) is 5.41. The van der Waals surface area contributed by atoms with Gasteiger partial charge in [0.1, 0.15) is 0 Å². The van der Waals surface area contributed by atoms with Crippen molar-refractivity contribution in [2.75, 3.05) is 0 Å². The molecule has 0 nitrogen and oxygen atoms in total. The van der Waals surface area contributed by atoms with Crippen LogP contribution in [0.2, 0.25) is 0 Å². The quantitative estimate of drug-likeness (QED) is 0.228. The topological polar surface area (TPSA) is 0 Å². The molecule has 0 saturated heterocycles. The molecule has 0 aromatic rings. The molecule has 0 bridgehead atoms. The molecule has 0 N–H and O–H groups in total. The molecule has 0 aromatic heterocycles. The molecule has 0 unspecified atom stereocenters. The molecule has 0 amide bonds. The molecule has 0 rings (SSSR count). The van der Waals surface area contributed by atoms with E-state index in [1.165, 1.54) is 63.5 Å². The second kappa shape index (κ2) is 10.7. The summed E-state index contributed by atoms with van der Waals surface area (Å²) in [4.78, 5) is 0. The Balaban J connectivity index is 0. The minimum Gasteiger partial charge on any atom is 0.0379 e. The SMILES string of the molecule is BBBBBBBBBBB.[H+]. The van der Waals surface area contributed by atoms with Gasteiger partial charge in [0, 0.05) is 63.5 Å². The van der Waals surface area contributed by atoms with Crippen LogP contribution in [0.1, 0.15) is 1.43 Å². The second-order valence-corrected chi connectivity index (χ2v) is 3.47. The van der Waals surface area contributed by atoms with Crippen LogP contribution in [-0.2, 0) is 0 Å². The maximum Gasteiger partial charge on any atom is 1.00 e. The van der Waals surface area contributed by atoms with E-state index in [-0.39, 0.29) is 1.43 Å². The first-order chi connectivity index (χ1) is 5.41. The molecule has 11 heteroatoms.